The van der Waals surface area contributed by atoms with Crippen LogP contribution in [0.4, 0.5) is 0 Å². The van der Waals surface area contributed by atoms with E-state index in [-0.39, 0.29) is 0 Å². The second kappa shape index (κ2) is 6.17. The molecule has 0 fully saturated rings. The molecule has 0 rings (SSSR count). The van der Waals surface area contributed by atoms with Gasteiger partial charge in [0.05, 0.1) is 0 Å². The molecule has 0 radical (unpaired) electrons. The number of rotatable bonds is 6. The molecule has 1 atom stereocenters. The molecule has 0 aliphatic carbocycles. The molecular weight excluding hydrogens is 160 g/mol. The molecule has 78 valence electrons. The van der Waals surface area contributed by atoms with E-state index in [1.165, 1.54) is 5.57 Å². The predicted molar refractivity (Wildman–Crippen MR) is 59.7 cm³/mol. The molecule has 0 aromatic carbocycles. The molecule has 0 bridgehead atoms. The lowest BCUT2D eigenvalue weighted by atomic mass is 9.95. The van der Waals surface area contributed by atoms with Crippen molar-refractivity contribution in [1.29, 1.82) is 0 Å². The highest BCUT2D eigenvalue weighted by molar-refractivity contribution is 4.91. The monoisotopic (exact) mass is 184 g/mol. The Hall–Kier alpha value is -0.340. The molecule has 13 heavy (non-hydrogen) atoms. The second-order valence-corrected chi connectivity index (χ2v) is 4.39. The van der Waals surface area contributed by atoms with Crippen LogP contribution in [0.15, 0.2) is 12.2 Å². The Kier molecular flexibility index (Phi) is 6.00. The summed E-state index contributed by atoms with van der Waals surface area (Å²) >= 11 is 0. The minimum absolute atomic E-state index is 0.601. The molecule has 0 heterocycles. The molecule has 0 spiro atoms. The van der Waals surface area contributed by atoms with Gasteiger partial charge in [0.25, 0.3) is 0 Å². The van der Waals surface area contributed by atoms with Gasteiger partial charge in [-0.15, -0.1) is 0 Å². The highest BCUT2D eigenvalue weighted by Gasteiger charge is 2.13. The molecule has 0 saturated carbocycles. The number of hydrogen-bond acceptors (Lipinski definition) is 2. The van der Waals surface area contributed by atoms with Crippen molar-refractivity contribution in [2.75, 3.05) is 26.7 Å². The van der Waals surface area contributed by atoms with E-state index >= 15 is 0 Å². The van der Waals surface area contributed by atoms with Gasteiger partial charge in [0, 0.05) is 13.1 Å². The lowest BCUT2D eigenvalue weighted by Crippen LogP contribution is -2.33. The van der Waals surface area contributed by atoms with E-state index in [0.717, 1.165) is 19.6 Å². The van der Waals surface area contributed by atoms with Crippen LogP contribution in [0, 0.1) is 11.8 Å². The molecule has 0 amide bonds. The molecule has 1 unspecified atom stereocenters. The van der Waals surface area contributed by atoms with Crippen LogP contribution >= 0.6 is 0 Å². The Bertz CT molecular complexity index is 152. The zero-order chi connectivity index (χ0) is 10.4. The van der Waals surface area contributed by atoms with Crippen molar-refractivity contribution in [3.8, 4) is 0 Å². The first-order valence-corrected chi connectivity index (χ1v) is 5.00. The van der Waals surface area contributed by atoms with Crippen molar-refractivity contribution in [1.82, 2.24) is 4.90 Å². The van der Waals surface area contributed by atoms with Crippen LogP contribution in [0.1, 0.15) is 20.8 Å². The van der Waals surface area contributed by atoms with Gasteiger partial charge in [-0.2, -0.15) is 0 Å². The fourth-order valence-electron chi connectivity index (χ4n) is 1.48. The van der Waals surface area contributed by atoms with Crippen molar-refractivity contribution in [2.24, 2.45) is 17.6 Å². The zero-order valence-electron chi connectivity index (χ0n) is 9.51. The molecule has 2 heteroatoms. The van der Waals surface area contributed by atoms with Crippen LogP contribution in [-0.4, -0.2) is 31.6 Å². The van der Waals surface area contributed by atoms with Gasteiger partial charge in [-0.05, 0) is 32.4 Å². The van der Waals surface area contributed by atoms with Crippen molar-refractivity contribution >= 4 is 0 Å². The van der Waals surface area contributed by atoms with E-state index in [1.54, 1.807) is 0 Å². The highest BCUT2D eigenvalue weighted by atomic mass is 15.1. The van der Waals surface area contributed by atoms with Gasteiger partial charge in [0.15, 0.2) is 0 Å². The molecule has 0 aromatic heterocycles. The lowest BCUT2D eigenvalue weighted by molar-refractivity contribution is 0.254. The fraction of sp³-hybridized carbons (Fsp3) is 0.818. The van der Waals surface area contributed by atoms with E-state index in [2.05, 4.69) is 39.3 Å². The quantitative estimate of drug-likeness (QED) is 0.637. The third-order valence-electron chi connectivity index (χ3n) is 2.33. The van der Waals surface area contributed by atoms with E-state index in [0.29, 0.717) is 11.8 Å². The second-order valence-electron chi connectivity index (χ2n) is 4.39. The first-order chi connectivity index (χ1) is 5.97. The lowest BCUT2D eigenvalue weighted by Gasteiger charge is -2.25. The Balaban J connectivity index is 3.86. The Morgan fingerprint density at radius 3 is 2.31 bits per heavy atom. The molecule has 2 N–H and O–H groups in total. The number of nitrogens with two attached hydrogens (primary N) is 1. The van der Waals surface area contributed by atoms with E-state index in [4.69, 9.17) is 5.73 Å². The van der Waals surface area contributed by atoms with Crippen molar-refractivity contribution in [3.63, 3.8) is 0 Å². The van der Waals surface area contributed by atoms with Gasteiger partial charge >= 0.3 is 0 Å². The van der Waals surface area contributed by atoms with Crippen LogP contribution in [0.25, 0.3) is 0 Å². The van der Waals surface area contributed by atoms with Crippen LogP contribution in [0.2, 0.25) is 0 Å². The van der Waals surface area contributed by atoms with Gasteiger partial charge in [-0.1, -0.05) is 26.0 Å². The van der Waals surface area contributed by atoms with Crippen molar-refractivity contribution in [3.05, 3.63) is 12.2 Å². The minimum atomic E-state index is 0.601. The Labute approximate surface area is 82.8 Å². The standard InChI is InChI=1S/C11H24N2/c1-9(2)7-13(5)8-11(6-12)10(3)4/h10-11H,1,6-8,12H2,2-5H3. The summed E-state index contributed by atoms with van der Waals surface area (Å²) in [4.78, 5) is 2.29. The summed E-state index contributed by atoms with van der Waals surface area (Å²) in [6.45, 7) is 13.2. The molecule has 2 nitrogen and oxygen atoms in total. The number of likely N-dealkylation sites (N-methyl/N-ethyl adjacent to an activating group) is 1. The third kappa shape index (κ3) is 5.83. The predicted octanol–water partition coefficient (Wildman–Crippen LogP) is 1.73. The van der Waals surface area contributed by atoms with Gasteiger partial charge in [-0.3, -0.25) is 0 Å². The number of nitrogens with zero attached hydrogens (tertiary/aromatic N) is 1. The van der Waals surface area contributed by atoms with Crippen molar-refractivity contribution in [2.45, 2.75) is 20.8 Å². The summed E-state index contributed by atoms with van der Waals surface area (Å²) in [5.74, 6) is 1.27. The first-order valence-electron chi connectivity index (χ1n) is 5.00. The smallest absolute Gasteiger partial charge is 0.0184 e. The van der Waals surface area contributed by atoms with Crippen LogP contribution in [0.3, 0.4) is 0 Å². The molecule has 0 saturated heterocycles. The molecule has 0 aliphatic rings. The normalized spacial score (nSPS) is 13.8. The summed E-state index contributed by atoms with van der Waals surface area (Å²) in [5.41, 5.74) is 6.91. The third-order valence-corrected chi connectivity index (χ3v) is 2.33. The largest absolute Gasteiger partial charge is 0.330 e. The highest BCUT2D eigenvalue weighted by Crippen LogP contribution is 2.10. The average molecular weight is 184 g/mol. The van der Waals surface area contributed by atoms with Crippen LogP contribution in [-0.2, 0) is 0 Å². The topological polar surface area (TPSA) is 29.3 Å². The Morgan fingerprint density at radius 2 is 2.00 bits per heavy atom. The molecular formula is C11H24N2. The maximum Gasteiger partial charge on any atom is 0.0184 e. The van der Waals surface area contributed by atoms with E-state index < -0.39 is 0 Å². The average Bonchev–Trinajstić information content (AvgIpc) is 1.98. The van der Waals surface area contributed by atoms with Crippen LogP contribution in [0.5, 0.6) is 0 Å². The maximum atomic E-state index is 5.70. The van der Waals surface area contributed by atoms with E-state index in [1.807, 2.05) is 0 Å². The number of hydrogen-bond donors (Lipinski definition) is 1. The summed E-state index contributed by atoms with van der Waals surface area (Å²) in [7, 11) is 2.12. The fourth-order valence-corrected chi connectivity index (χ4v) is 1.48. The summed E-state index contributed by atoms with van der Waals surface area (Å²) in [5, 5.41) is 0. The van der Waals surface area contributed by atoms with E-state index in [9.17, 15) is 0 Å². The zero-order valence-corrected chi connectivity index (χ0v) is 9.51. The van der Waals surface area contributed by atoms with Gasteiger partial charge in [-0.25, -0.2) is 0 Å². The van der Waals surface area contributed by atoms with Gasteiger partial charge in [0.2, 0.25) is 0 Å². The molecule has 0 aliphatic heterocycles. The van der Waals surface area contributed by atoms with Gasteiger partial charge in [0.1, 0.15) is 0 Å². The molecule has 0 aromatic rings. The van der Waals surface area contributed by atoms with Crippen LogP contribution < -0.4 is 5.73 Å². The Morgan fingerprint density at radius 1 is 1.46 bits per heavy atom. The summed E-state index contributed by atoms with van der Waals surface area (Å²) < 4.78 is 0. The summed E-state index contributed by atoms with van der Waals surface area (Å²) in [6, 6.07) is 0. The van der Waals surface area contributed by atoms with Gasteiger partial charge < -0.3 is 10.6 Å². The maximum absolute atomic E-state index is 5.70. The first kappa shape index (κ1) is 12.7. The minimum Gasteiger partial charge on any atom is -0.330 e. The van der Waals surface area contributed by atoms with Crippen molar-refractivity contribution < 1.29 is 0 Å². The SMILES string of the molecule is C=C(C)CN(C)CC(CN)C(C)C. The summed E-state index contributed by atoms with van der Waals surface area (Å²) in [6.07, 6.45) is 0.